The van der Waals surface area contributed by atoms with Crippen molar-refractivity contribution in [2.45, 2.75) is 0 Å². The first-order chi connectivity index (χ1) is 9.78. The number of nitrogens with zero attached hydrogens (tertiary/aromatic N) is 2. The molecule has 0 bridgehead atoms. The topological polar surface area (TPSA) is 70.5 Å². The number of aromatic hydroxyl groups is 1. The number of fused-ring (bicyclic) bond motifs is 1. The second kappa shape index (κ2) is 5.05. The quantitative estimate of drug-likeness (QED) is 0.716. The van der Waals surface area contributed by atoms with Gasteiger partial charge in [0.25, 0.3) is 0 Å². The monoisotopic (exact) mass is 267 g/mol. The molecular formula is C15H13N3O2. The molecule has 0 atom stereocenters. The Balaban J connectivity index is 1.93. The Morgan fingerprint density at radius 1 is 1.30 bits per heavy atom. The molecule has 0 saturated carbocycles. The van der Waals surface area contributed by atoms with Crippen molar-refractivity contribution in [2.75, 3.05) is 7.11 Å². The number of phenolic OH excluding ortho intramolecular Hbond substituents is 1. The molecule has 5 nitrogen and oxygen atoms in total. The highest BCUT2D eigenvalue weighted by atomic mass is 16.5. The van der Waals surface area contributed by atoms with Crippen LogP contribution in [0.4, 0.5) is 5.69 Å². The number of aliphatic imine (C=N–C) groups is 1. The number of nitrogens with one attached hydrogen (secondary N) is 1. The van der Waals surface area contributed by atoms with Gasteiger partial charge in [-0.1, -0.05) is 6.07 Å². The van der Waals surface area contributed by atoms with Crippen molar-refractivity contribution in [3.05, 3.63) is 48.2 Å². The first kappa shape index (κ1) is 12.2. The molecule has 0 amide bonds. The van der Waals surface area contributed by atoms with Crippen LogP contribution in [-0.4, -0.2) is 28.6 Å². The van der Waals surface area contributed by atoms with Crippen molar-refractivity contribution in [1.29, 1.82) is 0 Å². The summed E-state index contributed by atoms with van der Waals surface area (Å²) in [6, 6.07) is 11.0. The molecule has 0 aliphatic carbocycles. The number of H-pyrrole nitrogens is 1. The molecule has 0 aliphatic rings. The summed E-state index contributed by atoms with van der Waals surface area (Å²) in [5.41, 5.74) is 2.37. The molecule has 1 aromatic heterocycles. The zero-order valence-corrected chi connectivity index (χ0v) is 10.9. The third-order valence-electron chi connectivity index (χ3n) is 3.03. The maximum atomic E-state index is 9.97. The Morgan fingerprint density at radius 2 is 2.20 bits per heavy atom. The molecule has 100 valence electrons. The number of ether oxygens (including phenoxy) is 1. The maximum Gasteiger partial charge on any atom is 0.166 e. The van der Waals surface area contributed by atoms with Crippen LogP contribution in [0.5, 0.6) is 11.5 Å². The minimum Gasteiger partial charge on any atom is -0.504 e. The van der Waals surface area contributed by atoms with Crippen molar-refractivity contribution in [1.82, 2.24) is 10.2 Å². The van der Waals surface area contributed by atoms with Crippen LogP contribution in [0, 0.1) is 0 Å². The van der Waals surface area contributed by atoms with Gasteiger partial charge in [0.1, 0.15) is 0 Å². The number of aromatic amines is 1. The number of aromatic nitrogens is 2. The van der Waals surface area contributed by atoms with Gasteiger partial charge in [-0.2, -0.15) is 5.10 Å². The van der Waals surface area contributed by atoms with Crippen LogP contribution in [0.3, 0.4) is 0 Å². The maximum absolute atomic E-state index is 9.97. The molecule has 5 heteroatoms. The van der Waals surface area contributed by atoms with Gasteiger partial charge in [-0.15, -0.1) is 0 Å². The molecule has 2 aromatic carbocycles. The Labute approximate surface area is 115 Å². The fourth-order valence-electron chi connectivity index (χ4n) is 1.96. The Kier molecular flexibility index (Phi) is 3.09. The van der Waals surface area contributed by atoms with Crippen LogP contribution in [0.15, 0.2) is 47.6 Å². The highest BCUT2D eigenvalue weighted by Crippen LogP contribution is 2.28. The lowest BCUT2D eigenvalue weighted by Gasteiger charge is -2.04. The minimum atomic E-state index is 0.0862. The number of methoxy groups -OCH3 is 1. The van der Waals surface area contributed by atoms with Crippen LogP contribution < -0.4 is 4.74 Å². The number of hydrogen-bond donors (Lipinski definition) is 2. The first-order valence-electron chi connectivity index (χ1n) is 6.11. The minimum absolute atomic E-state index is 0.0862. The Morgan fingerprint density at radius 3 is 3.05 bits per heavy atom. The molecule has 3 aromatic rings. The van der Waals surface area contributed by atoms with E-state index in [2.05, 4.69) is 15.2 Å². The highest BCUT2D eigenvalue weighted by molar-refractivity contribution is 5.88. The zero-order valence-electron chi connectivity index (χ0n) is 10.9. The molecular weight excluding hydrogens is 254 g/mol. The Bertz CT molecular complexity index is 778. The summed E-state index contributed by atoms with van der Waals surface area (Å²) in [5, 5.41) is 17.8. The molecule has 2 N–H and O–H groups in total. The lowest BCUT2D eigenvalue weighted by atomic mass is 10.2. The molecule has 20 heavy (non-hydrogen) atoms. The van der Waals surface area contributed by atoms with E-state index in [-0.39, 0.29) is 5.75 Å². The number of rotatable bonds is 3. The van der Waals surface area contributed by atoms with E-state index < -0.39 is 0 Å². The van der Waals surface area contributed by atoms with Crippen molar-refractivity contribution in [3.63, 3.8) is 0 Å². The smallest absolute Gasteiger partial charge is 0.166 e. The van der Waals surface area contributed by atoms with Gasteiger partial charge < -0.3 is 9.84 Å². The first-order valence-corrected chi connectivity index (χ1v) is 6.11. The standard InChI is InChI=1S/C15H13N3O2/c1-20-14-4-2-3-10(15(14)19)8-16-12-5-6-13-11(7-12)9-17-18-13/h2-9,19H,1H3,(H,17,18)/b16-8+. The molecule has 0 fully saturated rings. The number of para-hydroxylation sites is 1. The fourth-order valence-corrected chi connectivity index (χ4v) is 1.96. The zero-order chi connectivity index (χ0) is 13.9. The third-order valence-corrected chi connectivity index (χ3v) is 3.03. The van der Waals surface area contributed by atoms with Gasteiger partial charge in [-0.05, 0) is 30.3 Å². The van der Waals surface area contributed by atoms with Gasteiger partial charge in [0.15, 0.2) is 11.5 Å². The molecule has 0 aliphatic heterocycles. The second-order valence-corrected chi connectivity index (χ2v) is 4.30. The molecule has 0 saturated heterocycles. The average molecular weight is 267 g/mol. The van der Waals surface area contributed by atoms with Gasteiger partial charge in [0.05, 0.1) is 24.5 Å². The Hall–Kier alpha value is -2.82. The third kappa shape index (κ3) is 2.21. The van der Waals surface area contributed by atoms with Crippen molar-refractivity contribution in [2.24, 2.45) is 4.99 Å². The van der Waals surface area contributed by atoms with E-state index in [1.807, 2.05) is 18.2 Å². The van der Waals surface area contributed by atoms with Crippen molar-refractivity contribution in [3.8, 4) is 11.5 Å². The summed E-state index contributed by atoms with van der Waals surface area (Å²) >= 11 is 0. The van der Waals surface area contributed by atoms with Crippen molar-refractivity contribution >= 4 is 22.8 Å². The van der Waals surface area contributed by atoms with Crippen LogP contribution in [0.1, 0.15) is 5.56 Å². The molecule has 0 unspecified atom stereocenters. The summed E-state index contributed by atoms with van der Waals surface area (Å²) in [6.07, 6.45) is 3.36. The molecule has 0 radical (unpaired) electrons. The van der Waals surface area contributed by atoms with E-state index >= 15 is 0 Å². The number of benzene rings is 2. The van der Waals surface area contributed by atoms with E-state index in [0.717, 1.165) is 16.6 Å². The predicted octanol–water partition coefficient (Wildman–Crippen LogP) is 3.03. The largest absolute Gasteiger partial charge is 0.504 e. The summed E-state index contributed by atoms with van der Waals surface area (Å²) in [4.78, 5) is 4.36. The molecule has 0 spiro atoms. The normalized spacial score (nSPS) is 11.2. The van der Waals surface area contributed by atoms with Crippen LogP contribution in [0.2, 0.25) is 0 Å². The van der Waals surface area contributed by atoms with Gasteiger partial charge in [-0.25, -0.2) is 0 Å². The predicted molar refractivity (Wildman–Crippen MR) is 78.0 cm³/mol. The summed E-state index contributed by atoms with van der Waals surface area (Å²) in [6.45, 7) is 0. The lowest BCUT2D eigenvalue weighted by Crippen LogP contribution is -1.88. The average Bonchev–Trinajstić information content (AvgIpc) is 2.93. The van der Waals surface area contributed by atoms with Gasteiger partial charge in [-0.3, -0.25) is 10.1 Å². The summed E-state index contributed by atoms with van der Waals surface area (Å²) < 4.78 is 5.06. The fraction of sp³-hybridized carbons (Fsp3) is 0.0667. The highest BCUT2D eigenvalue weighted by Gasteiger charge is 2.04. The van der Waals surface area contributed by atoms with Crippen LogP contribution in [-0.2, 0) is 0 Å². The van der Waals surface area contributed by atoms with E-state index in [1.165, 1.54) is 7.11 Å². The summed E-state index contributed by atoms with van der Waals surface area (Å²) in [5.74, 6) is 0.516. The van der Waals surface area contributed by atoms with E-state index in [1.54, 1.807) is 30.6 Å². The van der Waals surface area contributed by atoms with Crippen LogP contribution in [0.25, 0.3) is 10.9 Å². The van der Waals surface area contributed by atoms with Crippen LogP contribution >= 0.6 is 0 Å². The number of hydrogen-bond acceptors (Lipinski definition) is 4. The lowest BCUT2D eigenvalue weighted by molar-refractivity contribution is 0.373. The van der Waals surface area contributed by atoms with E-state index in [0.29, 0.717) is 11.3 Å². The van der Waals surface area contributed by atoms with Gasteiger partial charge >= 0.3 is 0 Å². The van der Waals surface area contributed by atoms with Crippen molar-refractivity contribution < 1.29 is 9.84 Å². The molecule has 3 rings (SSSR count). The number of phenols is 1. The SMILES string of the molecule is COc1cccc(/C=N/c2ccc3[nH]ncc3c2)c1O. The second-order valence-electron chi connectivity index (χ2n) is 4.30. The summed E-state index contributed by atoms with van der Waals surface area (Å²) in [7, 11) is 1.52. The molecule has 1 heterocycles. The van der Waals surface area contributed by atoms with E-state index in [9.17, 15) is 5.11 Å². The van der Waals surface area contributed by atoms with E-state index in [4.69, 9.17) is 4.74 Å². The van der Waals surface area contributed by atoms with Gasteiger partial charge in [0, 0.05) is 17.2 Å². The van der Waals surface area contributed by atoms with Gasteiger partial charge in [0.2, 0.25) is 0 Å².